The number of nitrogen functional groups attached to an aromatic ring is 1. The highest BCUT2D eigenvalue weighted by Crippen LogP contribution is 2.22. The van der Waals surface area contributed by atoms with Crippen LogP contribution in [0.3, 0.4) is 0 Å². The second kappa shape index (κ2) is 7.23. The molecule has 1 fully saturated rings. The van der Waals surface area contributed by atoms with E-state index < -0.39 is 0 Å². The molecule has 0 radical (unpaired) electrons. The van der Waals surface area contributed by atoms with Crippen LogP contribution in [0.15, 0.2) is 30.6 Å². The Morgan fingerprint density at radius 3 is 3.13 bits per heavy atom. The van der Waals surface area contributed by atoms with Crippen LogP contribution in [0, 0.1) is 0 Å². The molecule has 2 aromatic rings. The number of carbonyl (C=O) groups excluding carboxylic acids is 1. The molecule has 0 saturated carbocycles. The van der Waals surface area contributed by atoms with E-state index in [1.165, 1.54) is 0 Å². The summed E-state index contributed by atoms with van der Waals surface area (Å²) in [5.41, 5.74) is 7.71. The number of aromatic nitrogens is 3. The molecule has 7 heteroatoms. The lowest BCUT2D eigenvalue weighted by Gasteiger charge is -2.23. The average Bonchev–Trinajstić information content (AvgIpc) is 3.03. The van der Waals surface area contributed by atoms with Gasteiger partial charge >= 0.3 is 0 Å². The van der Waals surface area contributed by atoms with Crippen LogP contribution in [0.4, 0.5) is 5.82 Å². The van der Waals surface area contributed by atoms with Gasteiger partial charge in [-0.1, -0.05) is 6.07 Å². The van der Waals surface area contributed by atoms with Crippen molar-refractivity contribution >= 4 is 11.7 Å². The molecule has 0 aliphatic carbocycles. The van der Waals surface area contributed by atoms with Crippen LogP contribution >= 0.6 is 0 Å². The normalized spacial score (nSPS) is 17.8. The van der Waals surface area contributed by atoms with Crippen LogP contribution < -0.4 is 16.4 Å². The van der Waals surface area contributed by atoms with Crippen molar-refractivity contribution in [2.75, 3.05) is 18.8 Å². The molecular weight excluding hydrogens is 292 g/mol. The van der Waals surface area contributed by atoms with Gasteiger partial charge in [0.25, 0.3) is 0 Å². The van der Waals surface area contributed by atoms with Crippen LogP contribution in [-0.2, 0) is 17.9 Å². The van der Waals surface area contributed by atoms with Crippen molar-refractivity contribution in [2.24, 2.45) is 0 Å². The predicted octanol–water partition coefficient (Wildman–Crippen LogP) is 0.644. The molecular formula is C16H22N6O. The molecule has 2 aromatic heterocycles. The van der Waals surface area contributed by atoms with Gasteiger partial charge in [0.05, 0.1) is 0 Å². The van der Waals surface area contributed by atoms with Gasteiger partial charge in [0.1, 0.15) is 12.4 Å². The van der Waals surface area contributed by atoms with Crippen LogP contribution in [-0.4, -0.2) is 33.8 Å². The number of nitrogens with two attached hydrogens (primary N) is 1. The quantitative estimate of drug-likeness (QED) is 0.752. The highest BCUT2D eigenvalue weighted by molar-refractivity contribution is 5.75. The maximum Gasteiger partial charge on any atom is 0.242 e. The molecule has 1 atom stereocenters. The molecule has 7 nitrogen and oxygen atoms in total. The first kappa shape index (κ1) is 15.5. The van der Waals surface area contributed by atoms with Crippen molar-refractivity contribution in [3.05, 3.63) is 41.9 Å². The van der Waals surface area contributed by atoms with Crippen molar-refractivity contribution in [1.82, 2.24) is 25.4 Å². The molecule has 0 spiro atoms. The summed E-state index contributed by atoms with van der Waals surface area (Å²) >= 11 is 0. The molecule has 1 saturated heterocycles. The number of hydrogen-bond acceptors (Lipinski definition) is 5. The Morgan fingerprint density at radius 1 is 1.43 bits per heavy atom. The molecule has 0 bridgehead atoms. The third-order valence-electron chi connectivity index (χ3n) is 4.16. The number of piperidine rings is 1. The van der Waals surface area contributed by atoms with E-state index in [4.69, 9.17) is 5.73 Å². The lowest BCUT2D eigenvalue weighted by atomic mass is 9.96. The van der Waals surface area contributed by atoms with Gasteiger partial charge in [0, 0.05) is 42.7 Å². The maximum atomic E-state index is 12.2. The zero-order valence-electron chi connectivity index (χ0n) is 13.0. The minimum atomic E-state index is -0.0815. The summed E-state index contributed by atoms with van der Waals surface area (Å²) in [7, 11) is 0. The van der Waals surface area contributed by atoms with E-state index >= 15 is 0 Å². The van der Waals surface area contributed by atoms with Gasteiger partial charge in [-0.2, -0.15) is 5.10 Å². The van der Waals surface area contributed by atoms with Gasteiger partial charge in [0.2, 0.25) is 5.91 Å². The largest absolute Gasteiger partial charge is 0.383 e. The van der Waals surface area contributed by atoms with E-state index in [0.717, 1.165) is 37.2 Å². The van der Waals surface area contributed by atoms with Crippen LogP contribution in [0.2, 0.25) is 0 Å². The second-order valence-electron chi connectivity index (χ2n) is 5.78. The minimum Gasteiger partial charge on any atom is -0.383 e. The SMILES string of the molecule is Nc1ncccc1CNC(=O)Cn1nccc1[C@@H]1CCCNC1. The first-order valence-corrected chi connectivity index (χ1v) is 7.92. The van der Waals surface area contributed by atoms with E-state index in [1.54, 1.807) is 23.1 Å². The van der Waals surface area contributed by atoms with Gasteiger partial charge in [-0.25, -0.2) is 4.98 Å². The number of rotatable bonds is 5. The van der Waals surface area contributed by atoms with Crippen molar-refractivity contribution in [1.29, 1.82) is 0 Å². The van der Waals surface area contributed by atoms with Gasteiger partial charge in [0.15, 0.2) is 0 Å². The molecule has 3 rings (SSSR count). The van der Waals surface area contributed by atoms with E-state index in [1.807, 2.05) is 12.1 Å². The molecule has 0 unspecified atom stereocenters. The fraction of sp³-hybridized carbons (Fsp3) is 0.438. The van der Waals surface area contributed by atoms with Crippen LogP contribution in [0.5, 0.6) is 0 Å². The molecule has 1 aliphatic rings. The summed E-state index contributed by atoms with van der Waals surface area (Å²) in [5, 5.41) is 10.6. The summed E-state index contributed by atoms with van der Waals surface area (Å²) in [6.45, 7) is 2.61. The maximum absolute atomic E-state index is 12.2. The Kier molecular flexibility index (Phi) is 4.87. The Labute approximate surface area is 135 Å². The molecule has 0 aromatic carbocycles. The standard InChI is InChI=1S/C16H22N6O/c17-16-13(4-2-7-19-16)10-20-15(23)11-22-14(5-8-21-22)12-3-1-6-18-9-12/h2,4-5,7-8,12,18H,1,3,6,9-11H2,(H2,17,19)(H,20,23)/t12-/m1/s1. The number of nitrogens with one attached hydrogen (secondary N) is 2. The summed E-state index contributed by atoms with van der Waals surface area (Å²) in [5.74, 6) is 0.788. The lowest BCUT2D eigenvalue weighted by molar-refractivity contribution is -0.122. The number of hydrogen-bond donors (Lipinski definition) is 3. The molecule has 1 aliphatic heterocycles. The fourth-order valence-corrected chi connectivity index (χ4v) is 2.91. The minimum absolute atomic E-state index is 0.0815. The van der Waals surface area contributed by atoms with Crippen molar-refractivity contribution in [2.45, 2.75) is 31.8 Å². The van der Waals surface area contributed by atoms with E-state index in [2.05, 4.69) is 20.7 Å². The number of pyridine rings is 1. The van der Waals surface area contributed by atoms with E-state index in [0.29, 0.717) is 18.3 Å². The van der Waals surface area contributed by atoms with E-state index in [-0.39, 0.29) is 12.5 Å². The lowest BCUT2D eigenvalue weighted by Crippen LogP contribution is -2.32. The van der Waals surface area contributed by atoms with E-state index in [9.17, 15) is 4.79 Å². The van der Waals surface area contributed by atoms with Gasteiger partial charge in [-0.05, 0) is 31.5 Å². The predicted molar refractivity (Wildman–Crippen MR) is 87.6 cm³/mol. The van der Waals surface area contributed by atoms with Gasteiger partial charge in [-0.15, -0.1) is 0 Å². The highest BCUT2D eigenvalue weighted by atomic mass is 16.2. The van der Waals surface area contributed by atoms with Gasteiger partial charge < -0.3 is 16.4 Å². The van der Waals surface area contributed by atoms with Crippen LogP contribution in [0.25, 0.3) is 0 Å². The summed E-state index contributed by atoms with van der Waals surface area (Å²) in [6, 6.07) is 5.67. The topological polar surface area (TPSA) is 97.9 Å². The van der Waals surface area contributed by atoms with Crippen molar-refractivity contribution < 1.29 is 4.79 Å². The number of anilines is 1. The number of amides is 1. The Bertz CT molecular complexity index is 662. The summed E-state index contributed by atoms with van der Waals surface area (Å²) in [6.07, 6.45) is 5.68. The number of nitrogens with zero attached hydrogens (tertiary/aromatic N) is 3. The fourth-order valence-electron chi connectivity index (χ4n) is 2.91. The number of carbonyl (C=O) groups is 1. The summed E-state index contributed by atoms with van der Waals surface area (Å²) in [4.78, 5) is 16.2. The highest BCUT2D eigenvalue weighted by Gasteiger charge is 2.19. The Balaban J connectivity index is 1.58. The Morgan fingerprint density at radius 2 is 2.35 bits per heavy atom. The third kappa shape index (κ3) is 3.87. The van der Waals surface area contributed by atoms with Gasteiger partial charge in [-0.3, -0.25) is 9.48 Å². The molecule has 3 heterocycles. The molecule has 1 amide bonds. The smallest absolute Gasteiger partial charge is 0.242 e. The first-order chi connectivity index (χ1) is 11.2. The van der Waals surface area contributed by atoms with Crippen LogP contribution in [0.1, 0.15) is 30.0 Å². The molecule has 23 heavy (non-hydrogen) atoms. The zero-order valence-corrected chi connectivity index (χ0v) is 13.0. The van der Waals surface area contributed by atoms with Crippen molar-refractivity contribution in [3.63, 3.8) is 0 Å². The zero-order chi connectivity index (χ0) is 16.1. The average molecular weight is 314 g/mol. The third-order valence-corrected chi connectivity index (χ3v) is 4.16. The molecule has 122 valence electrons. The monoisotopic (exact) mass is 314 g/mol. The Hall–Kier alpha value is -2.41. The second-order valence-corrected chi connectivity index (χ2v) is 5.78. The first-order valence-electron chi connectivity index (χ1n) is 7.92. The van der Waals surface area contributed by atoms with Crippen molar-refractivity contribution in [3.8, 4) is 0 Å². The molecule has 4 N–H and O–H groups in total. The summed E-state index contributed by atoms with van der Waals surface area (Å²) < 4.78 is 1.79.